The minimum Gasteiger partial charge on any atom is -0.383 e. The largest absolute Gasteiger partial charge is 0.383 e. The summed E-state index contributed by atoms with van der Waals surface area (Å²) in [7, 11) is 0. The van der Waals surface area contributed by atoms with Gasteiger partial charge in [-0.05, 0) is 29.7 Å². The smallest absolute Gasteiger partial charge is 0.131 e. The van der Waals surface area contributed by atoms with Crippen LogP contribution in [0.25, 0.3) is 10.8 Å². The molecule has 2 N–H and O–H groups in total. The van der Waals surface area contributed by atoms with Crippen molar-refractivity contribution in [3.05, 3.63) is 36.0 Å². The zero-order valence-corrected chi connectivity index (χ0v) is 6.99. The van der Waals surface area contributed by atoms with Crippen molar-refractivity contribution in [2.24, 2.45) is 0 Å². The molecule has 13 heavy (non-hydrogen) atoms. The summed E-state index contributed by atoms with van der Waals surface area (Å²) in [4.78, 5) is 3.99. The van der Waals surface area contributed by atoms with Gasteiger partial charge in [0.05, 0.1) is 0 Å². The zero-order valence-electron chi connectivity index (χ0n) is 6.99. The summed E-state index contributed by atoms with van der Waals surface area (Å²) in [6.07, 6.45) is 6.96. The molecule has 0 aliphatic carbocycles. The lowest BCUT2D eigenvalue weighted by Crippen LogP contribution is -1.90. The van der Waals surface area contributed by atoms with Crippen LogP contribution in [0.5, 0.6) is 0 Å². The van der Waals surface area contributed by atoms with Crippen LogP contribution >= 0.6 is 0 Å². The Balaban J connectivity index is 2.82. The first-order valence-electron chi connectivity index (χ1n) is 3.92. The number of aromatic nitrogens is 1. The predicted molar refractivity (Wildman–Crippen MR) is 54.1 cm³/mol. The van der Waals surface area contributed by atoms with Gasteiger partial charge in [-0.3, -0.25) is 0 Å². The van der Waals surface area contributed by atoms with E-state index in [0.29, 0.717) is 5.82 Å². The molecule has 0 bridgehead atoms. The summed E-state index contributed by atoms with van der Waals surface area (Å²) >= 11 is 0. The SMILES string of the molecule is C#Cc1ccc2c(N)nccc2c1. The Morgan fingerprint density at radius 2 is 2.15 bits per heavy atom. The van der Waals surface area contributed by atoms with Crippen LogP contribution in [0, 0.1) is 12.3 Å². The Bertz CT molecular complexity index is 495. The normalized spacial score (nSPS) is 9.77. The van der Waals surface area contributed by atoms with E-state index in [1.165, 1.54) is 0 Å². The first-order valence-corrected chi connectivity index (χ1v) is 3.92. The maximum absolute atomic E-state index is 5.68. The molecule has 0 atom stereocenters. The third-order valence-corrected chi connectivity index (χ3v) is 1.96. The Kier molecular flexibility index (Phi) is 1.64. The van der Waals surface area contributed by atoms with Crippen molar-refractivity contribution in [1.82, 2.24) is 4.98 Å². The third-order valence-electron chi connectivity index (χ3n) is 1.96. The van der Waals surface area contributed by atoms with Gasteiger partial charge in [0.25, 0.3) is 0 Å². The van der Waals surface area contributed by atoms with E-state index in [1.807, 2.05) is 24.3 Å². The highest BCUT2D eigenvalue weighted by Crippen LogP contribution is 2.19. The molecule has 2 aromatic rings. The number of anilines is 1. The lowest BCUT2D eigenvalue weighted by atomic mass is 10.1. The van der Waals surface area contributed by atoms with Crippen LogP contribution in [0.3, 0.4) is 0 Å². The molecule has 2 rings (SSSR count). The van der Waals surface area contributed by atoms with Crippen molar-refractivity contribution >= 4 is 16.6 Å². The molecule has 0 unspecified atom stereocenters. The summed E-state index contributed by atoms with van der Waals surface area (Å²) in [5, 5.41) is 1.98. The molecule has 62 valence electrons. The van der Waals surface area contributed by atoms with Gasteiger partial charge in [0, 0.05) is 17.1 Å². The van der Waals surface area contributed by atoms with Crippen molar-refractivity contribution in [2.45, 2.75) is 0 Å². The van der Waals surface area contributed by atoms with Crippen molar-refractivity contribution in [3.63, 3.8) is 0 Å². The van der Waals surface area contributed by atoms with Gasteiger partial charge >= 0.3 is 0 Å². The minimum absolute atomic E-state index is 0.543. The second-order valence-corrected chi connectivity index (χ2v) is 2.78. The molecule has 1 aromatic heterocycles. The van der Waals surface area contributed by atoms with Gasteiger partial charge in [-0.15, -0.1) is 6.42 Å². The number of nitrogen functional groups attached to an aromatic ring is 1. The van der Waals surface area contributed by atoms with Gasteiger partial charge in [-0.2, -0.15) is 0 Å². The summed E-state index contributed by atoms with van der Waals surface area (Å²) in [6, 6.07) is 7.58. The van der Waals surface area contributed by atoms with Crippen LogP contribution in [0.1, 0.15) is 5.56 Å². The lowest BCUT2D eigenvalue weighted by molar-refractivity contribution is 1.37. The number of pyridine rings is 1. The topological polar surface area (TPSA) is 38.9 Å². The van der Waals surface area contributed by atoms with E-state index in [1.54, 1.807) is 6.20 Å². The summed E-state index contributed by atoms with van der Waals surface area (Å²) < 4.78 is 0. The standard InChI is InChI=1S/C11H8N2/c1-2-8-3-4-10-9(7-8)5-6-13-11(10)12/h1,3-7H,(H2,12,13). The second kappa shape index (κ2) is 2.80. The van der Waals surface area contributed by atoms with Crippen LogP contribution in [-0.4, -0.2) is 4.98 Å². The fourth-order valence-corrected chi connectivity index (χ4v) is 1.29. The van der Waals surface area contributed by atoms with Crippen LogP contribution in [0.2, 0.25) is 0 Å². The molecule has 2 heteroatoms. The molecule has 0 radical (unpaired) electrons. The van der Waals surface area contributed by atoms with Crippen LogP contribution < -0.4 is 5.73 Å². The summed E-state index contributed by atoms with van der Waals surface area (Å²) in [6.45, 7) is 0. The van der Waals surface area contributed by atoms with Crippen LogP contribution in [-0.2, 0) is 0 Å². The van der Waals surface area contributed by atoms with E-state index in [-0.39, 0.29) is 0 Å². The molecule has 0 saturated heterocycles. The molecule has 0 saturated carbocycles. The monoisotopic (exact) mass is 168 g/mol. The van der Waals surface area contributed by atoms with Crippen LogP contribution in [0.15, 0.2) is 30.5 Å². The van der Waals surface area contributed by atoms with Gasteiger partial charge in [0.1, 0.15) is 5.82 Å². The summed E-state index contributed by atoms with van der Waals surface area (Å²) in [5.41, 5.74) is 6.54. The number of rotatable bonds is 0. The van der Waals surface area contributed by atoms with Gasteiger partial charge in [0.2, 0.25) is 0 Å². The first kappa shape index (κ1) is 7.63. The fourth-order valence-electron chi connectivity index (χ4n) is 1.29. The first-order chi connectivity index (χ1) is 6.31. The Hall–Kier alpha value is -2.01. The zero-order chi connectivity index (χ0) is 9.26. The molecule has 0 spiro atoms. The fraction of sp³-hybridized carbons (Fsp3) is 0. The molecular weight excluding hydrogens is 160 g/mol. The molecule has 1 aromatic carbocycles. The average Bonchev–Trinajstić information content (AvgIpc) is 2.18. The highest BCUT2D eigenvalue weighted by molar-refractivity contribution is 5.91. The summed E-state index contributed by atoms with van der Waals surface area (Å²) in [5.74, 6) is 3.12. The number of nitrogens with zero attached hydrogens (tertiary/aromatic N) is 1. The lowest BCUT2D eigenvalue weighted by Gasteiger charge is -2.00. The van der Waals surface area contributed by atoms with E-state index in [0.717, 1.165) is 16.3 Å². The number of nitrogens with two attached hydrogens (primary N) is 1. The van der Waals surface area contributed by atoms with Crippen molar-refractivity contribution in [2.75, 3.05) is 5.73 Å². The number of benzene rings is 1. The van der Waals surface area contributed by atoms with Crippen molar-refractivity contribution in [3.8, 4) is 12.3 Å². The van der Waals surface area contributed by atoms with E-state index >= 15 is 0 Å². The third kappa shape index (κ3) is 1.21. The highest BCUT2D eigenvalue weighted by atomic mass is 14.8. The van der Waals surface area contributed by atoms with Gasteiger partial charge in [-0.1, -0.05) is 5.92 Å². The van der Waals surface area contributed by atoms with E-state index < -0.39 is 0 Å². The Morgan fingerprint density at radius 1 is 1.31 bits per heavy atom. The van der Waals surface area contributed by atoms with E-state index in [4.69, 9.17) is 12.2 Å². The number of hydrogen-bond acceptors (Lipinski definition) is 2. The van der Waals surface area contributed by atoms with Crippen molar-refractivity contribution < 1.29 is 0 Å². The highest BCUT2D eigenvalue weighted by Gasteiger charge is 1.97. The Morgan fingerprint density at radius 3 is 2.92 bits per heavy atom. The Labute approximate surface area is 76.4 Å². The quantitative estimate of drug-likeness (QED) is 0.609. The maximum Gasteiger partial charge on any atom is 0.131 e. The van der Waals surface area contributed by atoms with Crippen molar-refractivity contribution in [1.29, 1.82) is 0 Å². The molecule has 1 heterocycles. The van der Waals surface area contributed by atoms with E-state index in [2.05, 4.69) is 10.9 Å². The van der Waals surface area contributed by atoms with Gasteiger partial charge in [0.15, 0.2) is 0 Å². The van der Waals surface area contributed by atoms with Gasteiger partial charge < -0.3 is 5.73 Å². The number of hydrogen-bond donors (Lipinski definition) is 1. The molecule has 0 fully saturated rings. The average molecular weight is 168 g/mol. The van der Waals surface area contributed by atoms with Crippen LogP contribution in [0.4, 0.5) is 5.82 Å². The number of fused-ring (bicyclic) bond motifs is 1. The second-order valence-electron chi connectivity index (χ2n) is 2.78. The molecule has 0 aliphatic heterocycles. The minimum atomic E-state index is 0.543. The van der Waals surface area contributed by atoms with E-state index in [9.17, 15) is 0 Å². The predicted octanol–water partition coefficient (Wildman–Crippen LogP) is 1.80. The molecule has 2 nitrogen and oxygen atoms in total. The maximum atomic E-state index is 5.68. The van der Waals surface area contributed by atoms with Gasteiger partial charge in [-0.25, -0.2) is 4.98 Å². The molecule has 0 aliphatic rings. The molecular formula is C11H8N2. The number of terminal acetylenes is 1. The molecule has 0 amide bonds.